The summed E-state index contributed by atoms with van der Waals surface area (Å²) in [6.07, 6.45) is 3.61. The summed E-state index contributed by atoms with van der Waals surface area (Å²) >= 11 is 1.44. The molecule has 7 nitrogen and oxygen atoms in total. The molecule has 1 aromatic carbocycles. The lowest BCUT2D eigenvalue weighted by Gasteiger charge is -2.45. The lowest BCUT2D eigenvalue weighted by Crippen LogP contribution is -2.57. The van der Waals surface area contributed by atoms with Crippen LogP contribution in [0.5, 0.6) is 0 Å². The molecule has 9 heteroatoms. The van der Waals surface area contributed by atoms with Crippen LogP contribution in [0.4, 0.5) is 4.39 Å². The minimum Gasteiger partial charge on any atom is -0.307 e. The van der Waals surface area contributed by atoms with Crippen LogP contribution in [0.25, 0.3) is 27.1 Å². The first-order valence-electron chi connectivity index (χ1n) is 10.3. The Bertz CT molecular complexity index is 1370. The molecule has 1 saturated heterocycles. The highest BCUT2D eigenvalue weighted by atomic mass is 32.1. The summed E-state index contributed by atoms with van der Waals surface area (Å²) < 4.78 is 17.5. The number of hydrogen-bond acceptors (Lipinski definition) is 6. The Labute approximate surface area is 182 Å². The summed E-state index contributed by atoms with van der Waals surface area (Å²) in [4.78, 5) is 18.0. The van der Waals surface area contributed by atoms with Crippen molar-refractivity contribution >= 4 is 27.2 Å². The Morgan fingerprint density at radius 2 is 1.84 bits per heavy atom. The highest BCUT2D eigenvalue weighted by molar-refractivity contribution is 7.16. The zero-order valence-electron chi connectivity index (χ0n) is 18.2. The van der Waals surface area contributed by atoms with Gasteiger partial charge in [-0.15, -0.1) is 0 Å². The molecule has 0 amide bonds. The highest BCUT2D eigenvalue weighted by Crippen LogP contribution is 2.40. The number of rotatable bonds is 2. The Hall–Kier alpha value is -2.65. The molecule has 4 heterocycles. The molecule has 162 valence electrons. The van der Waals surface area contributed by atoms with Crippen LogP contribution in [0, 0.1) is 5.82 Å². The second-order valence-electron chi connectivity index (χ2n) is 9.81. The predicted molar refractivity (Wildman–Crippen MR) is 120 cm³/mol. The average molecular weight is 441 g/mol. The van der Waals surface area contributed by atoms with Gasteiger partial charge in [0.25, 0.3) is 5.56 Å². The van der Waals surface area contributed by atoms with Crippen molar-refractivity contribution in [1.29, 1.82) is 0 Å². The fourth-order valence-corrected chi connectivity index (χ4v) is 6.00. The molecule has 1 aliphatic rings. The molecule has 0 aliphatic carbocycles. The first-order chi connectivity index (χ1) is 14.5. The number of nitrogens with zero attached hydrogens (tertiary/aromatic N) is 5. The van der Waals surface area contributed by atoms with Crippen LogP contribution in [0.2, 0.25) is 0 Å². The van der Waals surface area contributed by atoms with Crippen molar-refractivity contribution in [2.24, 2.45) is 7.05 Å². The first-order valence-corrected chi connectivity index (χ1v) is 11.1. The van der Waals surface area contributed by atoms with Crippen molar-refractivity contribution in [2.45, 2.75) is 57.5 Å². The normalized spacial score (nSPS) is 18.8. The van der Waals surface area contributed by atoms with Gasteiger partial charge in [0.05, 0.1) is 5.69 Å². The van der Waals surface area contributed by atoms with Crippen LogP contribution in [0.1, 0.15) is 51.5 Å². The number of aromatic nitrogens is 5. The fraction of sp³-hybridized carbons (Fsp3) is 0.455. The number of piperidine rings is 1. The molecule has 0 spiro atoms. The molecule has 1 aliphatic heterocycles. The van der Waals surface area contributed by atoms with Crippen LogP contribution in [-0.2, 0) is 7.05 Å². The Morgan fingerprint density at radius 3 is 2.55 bits per heavy atom. The van der Waals surface area contributed by atoms with Crippen LogP contribution in [0.3, 0.4) is 0 Å². The topological polar surface area (TPSA) is 77.1 Å². The van der Waals surface area contributed by atoms with E-state index in [-0.39, 0.29) is 22.6 Å². The lowest BCUT2D eigenvalue weighted by atomic mass is 9.76. The molecular formula is C22H25FN6OS. The second kappa shape index (κ2) is 6.67. The summed E-state index contributed by atoms with van der Waals surface area (Å²) in [5, 5.41) is 14.0. The van der Waals surface area contributed by atoms with Crippen molar-refractivity contribution in [1.82, 2.24) is 29.7 Å². The molecule has 0 unspecified atom stereocenters. The van der Waals surface area contributed by atoms with E-state index in [0.29, 0.717) is 27.1 Å². The summed E-state index contributed by atoms with van der Waals surface area (Å²) in [6, 6.07) is 4.61. The smallest absolute Gasteiger partial charge is 0.275 e. The molecule has 1 fully saturated rings. The molecule has 0 saturated carbocycles. The fourth-order valence-electron chi connectivity index (χ4n) is 5.00. The standard InChI is InChI=1S/C22H25FN6OS/c1-21(2)9-14(10-22(3,4)27-21)19-26-29-17(30)8-16(24-20(29)31-19)12-6-13-11-28(5)25-18(13)15(23)7-12/h6-8,11,14,27H,9-10H2,1-5H3. The van der Waals surface area contributed by atoms with Crippen LogP contribution in [0.15, 0.2) is 29.2 Å². The van der Waals surface area contributed by atoms with Crippen LogP contribution < -0.4 is 10.9 Å². The van der Waals surface area contributed by atoms with Gasteiger partial charge in [-0.05, 0) is 52.7 Å². The van der Waals surface area contributed by atoms with Gasteiger partial charge < -0.3 is 5.32 Å². The molecule has 0 atom stereocenters. The molecule has 4 aromatic rings. The zero-order chi connectivity index (χ0) is 22.1. The molecule has 0 bridgehead atoms. The van der Waals surface area contributed by atoms with Crippen LogP contribution in [-0.4, -0.2) is 35.5 Å². The van der Waals surface area contributed by atoms with E-state index in [1.165, 1.54) is 28.0 Å². The van der Waals surface area contributed by atoms with Crippen molar-refractivity contribution < 1.29 is 4.39 Å². The Morgan fingerprint density at radius 1 is 1.13 bits per heavy atom. The van der Waals surface area contributed by atoms with Crippen LogP contribution >= 0.6 is 11.3 Å². The van der Waals surface area contributed by atoms with E-state index >= 15 is 0 Å². The van der Waals surface area contributed by atoms with E-state index in [1.807, 2.05) is 6.07 Å². The SMILES string of the molecule is Cn1cc2cc(-c3cc(=O)n4nc(C5CC(C)(C)NC(C)(C)C5)sc4n3)cc(F)c2n1. The van der Waals surface area contributed by atoms with Gasteiger partial charge in [0, 0.05) is 47.3 Å². The van der Waals surface area contributed by atoms with Gasteiger partial charge in [-0.3, -0.25) is 9.48 Å². The number of fused-ring (bicyclic) bond motifs is 2. The largest absolute Gasteiger partial charge is 0.307 e. The lowest BCUT2D eigenvalue weighted by molar-refractivity contribution is 0.161. The number of aryl methyl sites for hydroxylation is 1. The van der Waals surface area contributed by atoms with Gasteiger partial charge in [-0.1, -0.05) is 11.3 Å². The predicted octanol–water partition coefficient (Wildman–Crippen LogP) is 3.87. The van der Waals surface area contributed by atoms with Gasteiger partial charge in [0.1, 0.15) is 10.5 Å². The molecule has 1 N–H and O–H groups in total. The van der Waals surface area contributed by atoms with Gasteiger partial charge >= 0.3 is 0 Å². The van der Waals surface area contributed by atoms with E-state index in [9.17, 15) is 9.18 Å². The number of nitrogens with one attached hydrogen (secondary N) is 1. The molecule has 0 radical (unpaired) electrons. The average Bonchev–Trinajstić information content (AvgIpc) is 3.22. The summed E-state index contributed by atoms with van der Waals surface area (Å²) in [5.74, 6) is -0.191. The van der Waals surface area contributed by atoms with Gasteiger partial charge in [-0.25, -0.2) is 9.37 Å². The summed E-state index contributed by atoms with van der Waals surface area (Å²) in [7, 11) is 1.75. The first kappa shape index (κ1) is 20.3. The maximum absolute atomic E-state index is 14.5. The van der Waals surface area contributed by atoms with E-state index in [0.717, 1.165) is 17.8 Å². The monoisotopic (exact) mass is 440 g/mol. The van der Waals surface area contributed by atoms with E-state index < -0.39 is 5.82 Å². The van der Waals surface area contributed by atoms with Gasteiger partial charge in [-0.2, -0.15) is 14.7 Å². The Kier molecular flexibility index (Phi) is 4.36. The molecule has 31 heavy (non-hydrogen) atoms. The quantitative estimate of drug-likeness (QED) is 0.512. The maximum Gasteiger partial charge on any atom is 0.275 e. The summed E-state index contributed by atoms with van der Waals surface area (Å²) in [5.41, 5.74) is 0.990. The molecular weight excluding hydrogens is 415 g/mol. The van der Waals surface area contributed by atoms with Crippen molar-refractivity contribution in [3.63, 3.8) is 0 Å². The van der Waals surface area contributed by atoms with Crippen molar-refractivity contribution in [2.75, 3.05) is 0 Å². The second-order valence-corrected chi connectivity index (χ2v) is 10.8. The minimum absolute atomic E-state index is 0.0233. The number of halogens is 1. The zero-order valence-corrected chi connectivity index (χ0v) is 19.0. The minimum atomic E-state index is -0.431. The summed E-state index contributed by atoms with van der Waals surface area (Å²) in [6.45, 7) is 8.78. The van der Waals surface area contributed by atoms with E-state index in [2.05, 4.69) is 48.2 Å². The number of benzene rings is 1. The maximum atomic E-state index is 14.5. The Balaban J connectivity index is 1.59. The van der Waals surface area contributed by atoms with Crippen molar-refractivity contribution in [3.8, 4) is 11.3 Å². The third-order valence-electron chi connectivity index (χ3n) is 5.77. The van der Waals surface area contributed by atoms with Gasteiger partial charge in [0.2, 0.25) is 4.96 Å². The van der Waals surface area contributed by atoms with Crippen molar-refractivity contribution in [3.05, 3.63) is 45.6 Å². The van der Waals surface area contributed by atoms with E-state index in [1.54, 1.807) is 17.9 Å². The highest BCUT2D eigenvalue weighted by Gasteiger charge is 2.39. The van der Waals surface area contributed by atoms with E-state index in [4.69, 9.17) is 0 Å². The number of hydrogen-bond donors (Lipinski definition) is 1. The molecule has 3 aromatic heterocycles. The molecule has 5 rings (SSSR count). The van der Waals surface area contributed by atoms with Gasteiger partial charge in [0.15, 0.2) is 5.82 Å². The third-order valence-corrected chi connectivity index (χ3v) is 6.84. The third kappa shape index (κ3) is 3.65.